The molecule has 4 saturated heterocycles. The molecule has 0 aromatic heterocycles. The van der Waals surface area contributed by atoms with Crippen LogP contribution in [0.25, 0.3) is 0 Å². The zero-order valence-corrected chi connectivity index (χ0v) is 22.2. The summed E-state index contributed by atoms with van der Waals surface area (Å²) in [6.07, 6.45) is 2.33. The standard InChI is InChI=1S/C25H35N5O6S/c1-17-18(4-3-5-22(17)28-10-8-21(9-11-28)26-37(2,34)35)12-27-13-19-15-29(16-20(19)14-27)25(33)36-30-23(31)6-7-24(30)32/h3-5,19-21,26H,6-16H2,1-2H3. The third-order valence-electron chi connectivity index (χ3n) is 8.02. The van der Waals surface area contributed by atoms with E-state index in [4.69, 9.17) is 4.84 Å². The van der Waals surface area contributed by atoms with E-state index in [9.17, 15) is 22.8 Å². The van der Waals surface area contributed by atoms with Gasteiger partial charge in [-0.25, -0.2) is 17.9 Å². The normalized spacial score (nSPS) is 25.3. The molecule has 11 nitrogen and oxygen atoms in total. The van der Waals surface area contributed by atoms with Gasteiger partial charge in [-0.2, -0.15) is 0 Å². The Balaban J connectivity index is 1.14. The number of carbonyl (C=O) groups excluding carboxylic acids is 3. The average molecular weight is 534 g/mol. The molecular weight excluding hydrogens is 498 g/mol. The number of hydrogen-bond donors (Lipinski definition) is 1. The Morgan fingerprint density at radius 2 is 1.65 bits per heavy atom. The number of amides is 3. The van der Waals surface area contributed by atoms with Gasteiger partial charge in [0.05, 0.1) is 6.26 Å². The second-order valence-corrected chi connectivity index (χ2v) is 12.6. The van der Waals surface area contributed by atoms with E-state index in [1.165, 1.54) is 23.1 Å². The van der Waals surface area contributed by atoms with Crippen LogP contribution in [0.4, 0.5) is 10.5 Å². The van der Waals surface area contributed by atoms with E-state index in [2.05, 4.69) is 39.6 Å². The third kappa shape index (κ3) is 5.75. The Morgan fingerprint density at radius 3 is 2.24 bits per heavy atom. The second-order valence-electron chi connectivity index (χ2n) is 10.8. The Morgan fingerprint density at radius 1 is 1.03 bits per heavy atom. The maximum Gasteiger partial charge on any atom is 0.434 e. The van der Waals surface area contributed by atoms with Crippen molar-refractivity contribution in [2.24, 2.45) is 11.8 Å². The first kappa shape index (κ1) is 25.9. The van der Waals surface area contributed by atoms with Crippen LogP contribution in [-0.2, 0) is 31.0 Å². The molecule has 4 aliphatic rings. The Hall–Kier alpha value is -2.70. The molecule has 4 heterocycles. The van der Waals surface area contributed by atoms with Crippen LogP contribution in [-0.4, -0.2) is 92.8 Å². The number of piperidine rings is 1. The molecule has 2 atom stereocenters. The average Bonchev–Trinajstić information content (AvgIpc) is 3.49. The molecule has 2 unspecified atom stereocenters. The number of rotatable bonds is 6. The highest BCUT2D eigenvalue weighted by atomic mass is 32.2. The largest absolute Gasteiger partial charge is 0.434 e. The van der Waals surface area contributed by atoms with Crippen molar-refractivity contribution in [3.63, 3.8) is 0 Å². The van der Waals surface area contributed by atoms with Gasteiger partial charge in [0, 0.05) is 70.4 Å². The number of carbonyl (C=O) groups is 3. The van der Waals surface area contributed by atoms with Crippen molar-refractivity contribution in [2.45, 2.75) is 45.2 Å². The van der Waals surface area contributed by atoms with Crippen LogP contribution in [0.3, 0.4) is 0 Å². The van der Waals surface area contributed by atoms with Gasteiger partial charge in [-0.05, 0) is 48.8 Å². The quantitative estimate of drug-likeness (QED) is 0.540. The van der Waals surface area contributed by atoms with Gasteiger partial charge >= 0.3 is 6.09 Å². The number of nitrogens with zero attached hydrogens (tertiary/aromatic N) is 4. The Bertz CT molecular complexity index is 1150. The number of fused-ring (bicyclic) bond motifs is 1. The lowest BCUT2D eigenvalue weighted by molar-refractivity contribution is -0.173. The number of nitrogens with one attached hydrogen (secondary N) is 1. The first-order chi connectivity index (χ1) is 17.6. The summed E-state index contributed by atoms with van der Waals surface area (Å²) in [4.78, 5) is 47.5. The van der Waals surface area contributed by atoms with Crippen molar-refractivity contribution in [3.05, 3.63) is 29.3 Å². The van der Waals surface area contributed by atoms with Crippen LogP contribution in [0.5, 0.6) is 0 Å². The number of benzene rings is 1. The fraction of sp³-hybridized carbons (Fsp3) is 0.640. The molecule has 5 rings (SSSR count). The molecule has 4 aliphatic heterocycles. The predicted octanol–water partition coefficient (Wildman–Crippen LogP) is 1.08. The molecule has 0 radical (unpaired) electrons. The summed E-state index contributed by atoms with van der Waals surface area (Å²) in [5.41, 5.74) is 3.73. The SMILES string of the molecule is Cc1c(CN2CC3CN(C(=O)ON4C(=O)CCC4=O)CC3C2)cccc1N1CCC(NS(C)(=O)=O)CC1. The summed E-state index contributed by atoms with van der Waals surface area (Å²) < 4.78 is 25.8. The van der Waals surface area contributed by atoms with Gasteiger partial charge in [0.1, 0.15) is 0 Å². The van der Waals surface area contributed by atoms with E-state index < -0.39 is 27.9 Å². The molecule has 3 amide bonds. The summed E-state index contributed by atoms with van der Waals surface area (Å²) in [5, 5.41) is 0.614. The highest BCUT2D eigenvalue weighted by Crippen LogP contribution is 2.34. The number of anilines is 1. The van der Waals surface area contributed by atoms with Gasteiger partial charge in [-0.15, -0.1) is 5.06 Å². The van der Waals surface area contributed by atoms with Crippen LogP contribution in [0.1, 0.15) is 36.8 Å². The minimum absolute atomic E-state index is 0.00748. The van der Waals surface area contributed by atoms with E-state index >= 15 is 0 Å². The third-order valence-corrected chi connectivity index (χ3v) is 8.78. The second kappa shape index (κ2) is 10.2. The monoisotopic (exact) mass is 533 g/mol. The van der Waals surface area contributed by atoms with Crippen molar-refractivity contribution >= 4 is 33.6 Å². The van der Waals surface area contributed by atoms with Crippen molar-refractivity contribution in [2.75, 3.05) is 50.4 Å². The van der Waals surface area contributed by atoms with E-state index in [1.54, 1.807) is 4.90 Å². The maximum atomic E-state index is 12.5. The van der Waals surface area contributed by atoms with Crippen molar-refractivity contribution in [3.8, 4) is 0 Å². The first-order valence-corrected chi connectivity index (χ1v) is 14.8. The number of hydroxylamine groups is 2. The van der Waals surface area contributed by atoms with E-state index in [-0.39, 0.29) is 18.9 Å². The fourth-order valence-electron chi connectivity index (χ4n) is 6.13. The maximum absolute atomic E-state index is 12.5. The van der Waals surface area contributed by atoms with Crippen LogP contribution < -0.4 is 9.62 Å². The van der Waals surface area contributed by atoms with Gasteiger partial charge in [-0.3, -0.25) is 14.5 Å². The van der Waals surface area contributed by atoms with E-state index in [0.29, 0.717) is 30.0 Å². The number of imide groups is 1. The molecule has 1 aromatic rings. The van der Waals surface area contributed by atoms with Gasteiger partial charge in [0.15, 0.2) is 0 Å². The molecule has 1 aromatic carbocycles. The molecule has 1 N–H and O–H groups in total. The van der Waals surface area contributed by atoms with Gasteiger partial charge in [0.2, 0.25) is 10.0 Å². The lowest BCUT2D eigenvalue weighted by Crippen LogP contribution is -2.44. The molecule has 0 spiro atoms. The highest BCUT2D eigenvalue weighted by molar-refractivity contribution is 7.88. The number of hydrogen-bond acceptors (Lipinski definition) is 8. The van der Waals surface area contributed by atoms with Crippen LogP contribution in [0.2, 0.25) is 0 Å². The topological polar surface area (TPSA) is 120 Å². The van der Waals surface area contributed by atoms with Crippen LogP contribution in [0, 0.1) is 18.8 Å². The van der Waals surface area contributed by atoms with Crippen LogP contribution in [0.15, 0.2) is 18.2 Å². The molecule has 202 valence electrons. The molecule has 12 heteroatoms. The van der Waals surface area contributed by atoms with Crippen molar-refractivity contribution in [1.82, 2.24) is 19.6 Å². The minimum atomic E-state index is -3.19. The molecule has 0 saturated carbocycles. The molecule has 0 aliphatic carbocycles. The molecular formula is C25H35N5O6S. The summed E-state index contributed by atoms with van der Waals surface area (Å²) in [7, 11) is -3.19. The lowest BCUT2D eigenvalue weighted by atomic mass is 10.0. The number of sulfonamides is 1. The van der Waals surface area contributed by atoms with Crippen molar-refractivity contribution < 1.29 is 27.6 Å². The highest BCUT2D eigenvalue weighted by Gasteiger charge is 2.43. The van der Waals surface area contributed by atoms with Gasteiger partial charge in [-0.1, -0.05) is 12.1 Å². The van der Waals surface area contributed by atoms with Gasteiger partial charge in [0.25, 0.3) is 11.8 Å². The summed E-state index contributed by atoms with van der Waals surface area (Å²) in [5.74, 6) is -0.252. The summed E-state index contributed by atoms with van der Waals surface area (Å²) >= 11 is 0. The lowest BCUT2D eigenvalue weighted by Gasteiger charge is -2.35. The van der Waals surface area contributed by atoms with E-state index in [0.717, 1.165) is 45.6 Å². The molecule has 0 bridgehead atoms. The summed E-state index contributed by atoms with van der Waals surface area (Å²) in [6.45, 7) is 7.49. The fourth-order valence-corrected chi connectivity index (χ4v) is 6.97. The van der Waals surface area contributed by atoms with Crippen LogP contribution >= 0.6 is 0 Å². The van der Waals surface area contributed by atoms with E-state index in [1.807, 2.05) is 0 Å². The van der Waals surface area contributed by atoms with Gasteiger partial charge < -0.3 is 14.6 Å². The Kier molecular flexibility index (Phi) is 7.16. The minimum Gasteiger partial charge on any atom is -0.371 e. The predicted molar refractivity (Wildman–Crippen MR) is 136 cm³/mol. The molecule has 37 heavy (non-hydrogen) atoms. The number of likely N-dealkylation sites (tertiary alicyclic amines) is 2. The zero-order valence-electron chi connectivity index (χ0n) is 21.4. The summed E-state index contributed by atoms with van der Waals surface area (Å²) in [6, 6.07) is 6.39. The Labute approximate surface area is 217 Å². The smallest absolute Gasteiger partial charge is 0.371 e. The van der Waals surface area contributed by atoms with Crippen molar-refractivity contribution in [1.29, 1.82) is 0 Å². The zero-order chi connectivity index (χ0) is 26.3. The molecule has 4 fully saturated rings. The first-order valence-electron chi connectivity index (χ1n) is 12.9.